The van der Waals surface area contributed by atoms with Crippen LogP contribution in [-0.2, 0) is 14.3 Å². The summed E-state index contributed by atoms with van der Waals surface area (Å²) in [5, 5.41) is 8.78. The van der Waals surface area contributed by atoms with Crippen LogP contribution in [0.3, 0.4) is 0 Å². The summed E-state index contributed by atoms with van der Waals surface area (Å²) in [4.78, 5) is 12.8. The molecule has 168 valence electrons. The Morgan fingerprint density at radius 2 is 1.84 bits per heavy atom. The number of methoxy groups -OCH3 is 1. The number of rotatable bonds is 8. The molecule has 0 bridgehead atoms. The van der Waals surface area contributed by atoms with Crippen LogP contribution < -0.4 is 4.74 Å². The first-order valence-electron chi connectivity index (χ1n) is 9.84. The summed E-state index contributed by atoms with van der Waals surface area (Å²) in [5.74, 6) is -0.859. The molecule has 0 heterocycles. The minimum Gasteiger partial charge on any atom is -0.457 e. The van der Waals surface area contributed by atoms with E-state index >= 15 is 0 Å². The molecular formula is C24H22ClF2NO4. The van der Waals surface area contributed by atoms with E-state index < -0.39 is 40.5 Å². The van der Waals surface area contributed by atoms with E-state index in [0.29, 0.717) is 17.1 Å². The third-order valence-electron chi connectivity index (χ3n) is 5.52. The van der Waals surface area contributed by atoms with Gasteiger partial charge in [0.1, 0.15) is 22.6 Å². The van der Waals surface area contributed by atoms with Crippen LogP contribution in [0.2, 0.25) is 0 Å². The lowest BCUT2D eigenvalue weighted by Crippen LogP contribution is -2.19. The first kappa shape index (κ1) is 23.7. The van der Waals surface area contributed by atoms with Crippen LogP contribution in [0.5, 0.6) is 11.5 Å². The summed E-state index contributed by atoms with van der Waals surface area (Å²) in [6, 6.07) is 17.7. The number of carbonyl (C=O) groups is 1. The minimum atomic E-state index is -3.64. The molecule has 8 heteroatoms. The van der Waals surface area contributed by atoms with Crippen molar-refractivity contribution in [3.8, 4) is 17.6 Å². The Hall–Kier alpha value is -2.95. The van der Waals surface area contributed by atoms with Crippen molar-refractivity contribution in [2.45, 2.75) is 26.1 Å². The fourth-order valence-corrected chi connectivity index (χ4v) is 3.73. The molecule has 3 rings (SSSR count). The minimum absolute atomic E-state index is 0.434. The van der Waals surface area contributed by atoms with E-state index in [1.54, 1.807) is 50.2 Å². The Labute approximate surface area is 190 Å². The Kier molecular flexibility index (Phi) is 6.87. The third-order valence-corrected chi connectivity index (χ3v) is 5.86. The second kappa shape index (κ2) is 9.27. The average molecular weight is 462 g/mol. The van der Waals surface area contributed by atoms with Crippen molar-refractivity contribution in [3.05, 3.63) is 71.3 Å². The van der Waals surface area contributed by atoms with Crippen LogP contribution in [0.15, 0.2) is 65.7 Å². The molecule has 0 saturated heterocycles. The monoisotopic (exact) mass is 461 g/mol. The molecule has 1 aliphatic rings. The fourth-order valence-electron chi connectivity index (χ4n) is 3.52. The number of halogens is 3. The van der Waals surface area contributed by atoms with Gasteiger partial charge in [0.2, 0.25) is 6.10 Å². The number of nitriles is 1. The maximum absolute atomic E-state index is 13.6. The molecule has 1 aliphatic carbocycles. The van der Waals surface area contributed by atoms with E-state index in [-0.39, 0.29) is 0 Å². The van der Waals surface area contributed by atoms with E-state index in [1.807, 2.05) is 24.3 Å². The van der Waals surface area contributed by atoms with Gasteiger partial charge in [-0.2, -0.15) is 14.0 Å². The number of carbonyl (C=O) groups excluding carboxylic acids is 1. The van der Waals surface area contributed by atoms with Crippen LogP contribution in [-0.4, -0.2) is 19.2 Å². The highest BCUT2D eigenvalue weighted by atomic mass is 35.5. The number of benzene rings is 2. The lowest BCUT2D eigenvalue weighted by Gasteiger charge is -2.14. The maximum atomic E-state index is 13.6. The fraction of sp³-hybridized carbons (Fsp3) is 0.333. The van der Waals surface area contributed by atoms with Gasteiger partial charge < -0.3 is 14.2 Å². The summed E-state index contributed by atoms with van der Waals surface area (Å²) in [5.41, 5.74) is -0.219. The number of ether oxygens (including phenoxy) is 3. The highest BCUT2D eigenvalue weighted by Gasteiger charge is 2.62. The summed E-state index contributed by atoms with van der Waals surface area (Å²) < 4.78 is 42.5. The van der Waals surface area contributed by atoms with Crippen molar-refractivity contribution < 1.29 is 27.8 Å². The second-order valence-electron chi connectivity index (χ2n) is 7.99. The first-order valence-corrected chi connectivity index (χ1v) is 10.2. The van der Waals surface area contributed by atoms with Crippen molar-refractivity contribution in [2.75, 3.05) is 7.11 Å². The summed E-state index contributed by atoms with van der Waals surface area (Å²) in [6.45, 7) is 3.48. The predicted octanol–water partition coefficient (Wildman–Crippen LogP) is 6.22. The molecular weight excluding hydrogens is 440 g/mol. The molecule has 3 atom stereocenters. The lowest BCUT2D eigenvalue weighted by atomic mass is 10.1. The maximum Gasteiger partial charge on any atom is 0.393 e. The zero-order valence-corrected chi connectivity index (χ0v) is 18.5. The molecule has 0 spiro atoms. The normalized spacial score (nSPS) is 20.7. The number of alkyl halides is 2. The molecule has 1 fully saturated rings. The van der Waals surface area contributed by atoms with Crippen LogP contribution in [0.25, 0.3) is 0 Å². The Morgan fingerprint density at radius 3 is 2.47 bits per heavy atom. The van der Waals surface area contributed by atoms with E-state index in [4.69, 9.17) is 21.1 Å². The third kappa shape index (κ3) is 5.09. The highest BCUT2D eigenvalue weighted by molar-refractivity contribution is 6.30. The van der Waals surface area contributed by atoms with Gasteiger partial charge in [-0.1, -0.05) is 61.9 Å². The number of allylic oxidation sites excluding steroid dienone is 1. The standard InChI is InChI=1S/C24H22ClF2NO4/c1-23(2)18(13-20(25)24(26,27)30-3)21(23)22(29)32-19(14-28)15-8-7-11-17(12-15)31-16-9-5-4-6-10-16/h4-13,18-19,21H,1-3H3/t18-,19?,21+/m0/s1. The molecule has 2 aromatic rings. The highest BCUT2D eigenvalue weighted by Crippen LogP contribution is 2.60. The Morgan fingerprint density at radius 1 is 1.19 bits per heavy atom. The molecule has 1 saturated carbocycles. The van der Waals surface area contributed by atoms with Gasteiger partial charge in [-0.25, -0.2) is 0 Å². The van der Waals surface area contributed by atoms with Gasteiger partial charge in [0, 0.05) is 12.7 Å². The molecule has 0 aliphatic heterocycles. The zero-order valence-electron chi connectivity index (χ0n) is 17.7. The summed E-state index contributed by atoms with van der Waals surface area (Å²) in [6.07, 6.45) is -3.70. The van der Waals surface area contributed by atoms with E-state index in [9.17, 15) is 18.8 Å². The number of hydrogen-bond acceptors (Lipinski definition) is 5. The predicted molar refractivity (Wildman–Crippen MR) is 114 cm³/mol. The van der Waals surface area contributed by atoms with Crippen molar-refractivity contribution in [3.63, 3.8) is 0 Å². The largest absolute Gasteiger partial charge is 0.457 e. The van der Waals surface area contributed by atoms with Gasteiger partial charge in [-0.05, 0) is 35.6 Å². The van der Waals surface area contributed by atoms with Crippen molar-refractivity contribution in [1.29, 1.82) is 5.26 Å². The molecule has 0 N–H and O–H groups in total. The molecule has 0 radical (unpaired) electrons. The van der Waals surface area contributed by atoms with Crippen LogP contribution >= 0.6 is 11.6 Å². The zero-order chi connectivity index (χ0) is 23.5. The summed E-state index contributed by atoms with van der Waals surface area (Å²) in [7, 11) is 0.840. The molecule has 32 heavy (non-hydrogen) atoms. The Balaban J connectivity index is 1.72. The summed E-state index contributed by atoms with van der Waals surface area (Å²) >= 11 is 5.69. The molecule has 0 aromatic heterocycles. The van der Waals surface area contributed by atoms with Gasteiger partial charge in [0.15, 0.2) is 0 Å². The van der Waals surface area contributed by atoms with Crippen molar-refractivity contribution >= 4 is 17.6 Å². The lowest BCUT2D eigenvalue weighted by molar-refractivity contribution is -0.184. The van der Waals surface area contributed by atoms with Crippen molar-refractivity contribution in [1.82, 2.24) is 0 Å². The molecule has 2 aromatic carbocycles. The van der Waals surface area contributed by atoms with Gasteiger partial charge in [-0.15, -0.1) is 0 Å². The van der Waals surface area contributed by atoms with Crippen LogP contribution in [0.4, 0.5) is 8.78 Å². The molecule has 0 amide bonds. The molecule has 1 unspecified atom stereocenters. The van der Waals surface area contributed by atoms with Crippen LogP contribution in [0.1, 0.15) is 25.5 Å². The van der Waals surface area contributed by atoms with Gasteiger partial charge in [-0.3, -0.25) is 4.79 Å². The van der Waals surface area contributed by atoms with Crippen molar-refractivity contribution in [2.24, 2.45) is 17.3 Å². The van der Waals surface area contributed by atoms with E-state index in [2.05, 4.69) is 4.74 Å². The average Bonchev–Trinajstić information content (AvgIpc) is 3.32. The number of hydrogen-bond donors (Lipinski definition) is 0. The van der Waals surface area contributed by atoms with E-state index in [1.165, 1.54) is 0 Å². The topological polar surface area (TPSA) is 68.5 Å². The number of esters is 1. The van der Waals surface area contributed by atoms with Gasteiger partial charge in [0.05, 0.1) is 5.92 Å². The number of nitrogens with zero attached hydrogens (tertiary/aromatic N) is 1. The first-order chi connectivity index (χ1) is 15.1. The second-order valence-corrected chi connectivity index (χ2v) is 8.40. The molecule has 5 nitrogen and oxygen atoms in total. The number of para-hydroxylation sites is 1. The van der Waals surface area contributed by atoms with Gasteiger partial charge >= 0.3 is 12.1 Å². The van der Waals surface area contributed by atoms with Gasteiger partial charge in [0.25, 0.3) is 0 Å². The smallest absolute Gasteiger partial charge is 0.393 e. The van der Waals surface area contributed by atoms with Crippen LogP contribution in [0, 0.1) is 28.6 Å². The Bertz CT molecular complexity index is 1050. The quantitative estimate of drug-likeness (QED) is 0.436. The SMILES string of the molecule is COC(F)(F)C(Cl)=C[C@H]1[C@H](C(=O)OC(C#N)c2cccc(Oc3ccccc3)c2)C1(C)C. The van der Waals surface area contributed by atoms with E-state index in [0.717, 1.165) is 13.2 Å².